The summed E-state index contributed by atoms with van der Waals surface area (Å²) in [5, 5.41) is 2.48. The lowest BCUT2D eigenvalue weighted by molar-refractivity contribution is -0.137. The van der Waals surface area contributed by atoms with Gasteiger partial charge in [0.25, 0.3) is 5.91 Å². The Balaban J connectivity index is 1.63. The number of halogens is 3. The lowest BCUT2D eigenvalue weighted by Crippen LogP contribution is -2.18. The van der Waals surface area contributed by atoms with Gasteiger partial charge in [-0.2, -0.15) is 13.2 Å². The van der Waals surface area contributed by atoms with E-state index in [0.29, 0.717) is 18.0 Å². The molecule has 0 aliphatic carbocycles. The number of alkyl halides is 3. The summed E-state index contributed by atoms with van der Waals surface area (Å²) in [6.07, 6.45) is -2.51. The monoisotopic (exact) mass is 365 g/mol. The molecule has 2 aromatic rings. The van der Waals surface area contributed by atoms with E-state index in [2.05, 4.69) is 5.32 Å². The van der Waals surface area contributed by atoms with Gasteiger partial charge in [-0.05, 0) is 49.2 Å². The van der Waals surface area contributed by atoms with Gasteiger partial charge >= 0.3 is 6.18 Å². The molecule has 1 heterocycles. The van der Waals surface area contributed by atoms with Gasteiger partial charge in [0.1, 0.15) is 12.4 Å². The van der Waals surface area contributed by atoms with Crippen molar-refractivity contribution in [2.24, 2.45) is 0 Å². The first kappa shape index (κ1) is 18.3. The Kier molecular flexibility index (Phi) is 5.46. The summed E-state index contributed by atoms with van der Waals surface area (Å²) in [5.74, 6) is -0.208. The van der Waals surface area contributed by atoms with E-state index in [-0.39, 0.29) is 6.10 Å². The minimum atomic E-state index is -4.59. The second-order valence-electron chi connectivity index (χ2n) is 5.97. The van der Waals surface area contributed by atoms with Crippen molar-refractivity contribution >= 4 is 11.6 Å². The van der Waals surface area contributed by atoms with Crippen LogP contribution in [0.25, 0.3) is 0 Å². The van der Waals surface area contributed by atoms with Crippen LogP contribution in [0.2, 0.25) is 0 Å². The first-order valence-corrected chi connectivity index (χ1v) is 8.25. The number of hydrogen-bond donors (Lipinski definition) is 1. The Labute approximate surface area is 148 Å². The van der Waals surface area contributed by atoms with Gasteiger partial charge in [-0.1, -0.05) is 12.1 Å². The molecule has 1 aliphatic rings. The Morgan fingerprint density at radius 1 is 1.15 bits per heavy atom. The minimum Gasteiger partial charge on any atom is -0.491 e. The van der Waals surface area contributed by atoms with Crippen molar-refractivity contribution in [3.05, 3.63) is 59.7 Å². The average molecular weight is 365 g/mol. The lowest BCUT2D eigenvalue weighted by Gasteiger charge is -2.13. The van der Waals surface area contributed by atoms with Crippen molar-refractivity contribution in [1.82, 2.24) is 0 Å². The molecule has 138 valence electrons. The van der Waals surface area contributed by atoms with E-state index in [0.717, 1.165) is 31.6 Å². The summed E-state index contributed by atoms with van der Waals surface area (Å²) < 4.78 is 50.1. The summed E-state index contributed by atoms with van der Waals surface area (Å²) in [6, 6.07) is 11.2. The van der Waals surface area contributed by atoms with Crippen LogP contribution in [0.3, 0.4) is 0 Å². The first-order chi connectivity index (χ1) is 12.4. The van der Waals surface area contributed by atoms with Crippen LogP contribution in [0.4, 0.5) is 18.9 Å². The van der Waals surface area contributed by atoms with E-state index in [9.17, 15) is 18.0 Å². The Morgan fingerprint density at radius 2 is 1.88 bits per heavy atom. The fraction of sp³-hybridized carbons (Fsp3) is 0.316. The zero-order chi connectivity index (χ0) is 18.6. The Hall–Kier alpha value is -2.54. The molecular weight excluding hydrogens is 347 g/mol. The molecule has 0 bridgehead atoms. The van der Waals surface area contributed by atoms with E-state index in [4.69, 9.17) is 9.47 Å². The highest BCUT2D eigenvalue weighted by Crippen LogP contribution is 2.32. The predicted molar refractivity (Wildman–Crippen MR) is 90.3 cm³/mol. The summed E-state index contributed by atoms with van der Waals surface area (Å²) in [5.41, 5.74) is -0.996. The van der Waals surface area contributed by atoms with Gasteiger partial charge in [-0.3, -0.25) is 4.79 Å². The van der Waals surface area contributed by atoms with Crippen molar-refractivity contribution in [3.63, 3.8) is 0 Å². The van der Waals surface area contributed by atoms with Gasteiger partial charge < -0.3 is 14.8 Å². The van der Waals surface area contributed by atoms with Crippen LogP contribution in [0.15, 0.2) is 48.5 Å². The van der Waals surface area contributed by atoms with Crippen molar-refractivity contribution < 1.29 is 27.4 Å². The van der Waals surface area contributed by atoms with Gasteiger partial charge in [0.05, 0.1) is 17.2 Å². The Bertz CT molecular complexity index is 753. The fourth-order valence-electron chi connectivity index (χ4n) is 2.73. The standard InChI is InChI=1S/C19H18F3NO3/c20-19(21,22)17-6-2-1-5-16(17)18(24)23-13-7-9-14(10-8-13)26-12-15-4-3-11-25-15/h1-2,5-10,15H,3-4,11-12H2,(H,23,24). The molecule has 0 saturated carbocycles. The van der Waals surface area contributed by atoms with Crippen LogP contribution in [-0.2, 0) is 10.9 Å². The van der Waals surface area contributed by atoms with Crippen molar-refractivity contribution in [2.45, 2.75) is 25.1 Å². The number of benzene rings is 2. The van der Waals surface area contributed by atoms with Gasteiger partial charge in [-0.15, -0.1) is 0 Å². The van der Waals surface area contributed by atoms with Crippen LogP contribution < -0.4 is 10.1 Å². The molecule has 0 spiro atoms. The normalized spacial score (nSPS) is 17.1. The lowest BCUT2D eigenvalue weighted by atomic mass is 10.1. The molecule has 1 unspecified atom stereocenters. The topological polar surface area (TPSA) is 47.6 Å². The van der Waals surface area contributed by atoms with Gasteiger partial charge in [-0.25, -0.2) is 0 Å². The molecule has 1 fully saturated rings. The van der Waals surface area contributed by atoms with Gasteiger partial charge in [0.2, 0.25) is 0 Å². The van der Waals surface area contributed by atoms with Crippen LogP contribution >= 0.6 is 0 Å². The van der Waals surface area contributed by atoms with Crippen molar-refractivity contribution in [1.29, 1.82) is 0 Å². The number of carbonyl (C=O) groups excluding carboxylic acids is 1. The average Bonchev–Trinajstić information content (AvgIpc) is 3.14. The molecule has 1 N–H and O–H groups in total. The maximum absolute atomic E-state index is 13.0. The molecule has 1 amide bonds. The maximum atomic E-state index is 13.0. The highest BCUT2D eigenvalue weighted by Gasteiger charge is 2.34. The largest absolute Gasteiger partial charge is 0.491 e. The van der Waals surface area contributed by atoms with Gasteiger partial charge in [0.15, 0.2) is 0 Å². The third-order valence-corrected chi connectivity index (χ3v) is 4.05. The zero-order valence-corrected chi connectivity index (χ0v) is 13.9. The zero-order valence-electron chi connectivity index (χ0n) is 13.9. The molecule has 1 atom stereocenters. The minimum absolute atomic E-state index is 0.0910. The number of ether oxygens (including phenoxy) is 2. The summed E-state index contributed by atoms with van der Waals surface area (Å²) >= 11 is 0. The molecular formula is C19H18F3NO3. The number of carbonyl (C=O) groups is 1. The molecule has 4 nitrogen and oxygen atoms in total. The number of nitrogens with one attached hydrogen (secondary N) is 1. The third kappa shape index (κ3) is 4.54. The van der Waals surface area contributed by atoms with Crippen molar-refractivity contribution in [3.8, 4) is 5.75 Å². The molecule has 7 heteroatoms. The summed E-state index contributed by atoms with van der Waals surface area (Å²) in [4.78, 5) is 12.2. The van der Waals surface area contributed by atoms with Crippen LogP contribution in [-0.4, -0.2) is 25.2 Å². The quantitative estimate of drug-likeness (QED) is 0.848. The van der Waals surface area contributed by atoms with E-state index < -0.39 is 23.2 Å². The fourth-order valence-corrected chi connectivity index (χ4v) is 2.73. The molecule has 1 aliphatic heterocycles. The molecule has 0 aromatic heterocycles. The smallest absolute Gasteiger partial charge is 0.417 e. The van der Waals surface area contributed by atoms with Crippen LogP contribution in [0.1, 0.15) is 28.8 Å². The highest BCUT2D eigenvalue weighted by atomic mass is 19.4. The number of anilines is 1. The molecule has 2 aromatic carbocycles. The SMILES string of the molecule is O=C(Nc1ccc(OCC2CCCO2)cc1)c1ccccc1C(F)(F)F. The molecule has 1 saturated heterocycles. The number of hydrogen-bond acceptors (Lipinski definition) is 3. The first-order valence-electron chi connectivity index (χ1n) is 8.25. The molecule has 3 rings (SSSR count). The molecule has 0 radical (unpaired) electrons. The second kappa shape index (κ2) is 7.78. The summed E-state index contributed by atoms with van der Waals surface area (Å²) in [6.45, 7) is 1.20. The van der Waals surface area contributed by atoms with Crippen LogP contribution in [0.5, 0.6) is 5.75 Å². The van der Waals surface area contributed by atoms with E-state index in [1.54, 1.807) is 24.3 Å². The maximum Gasteiger partial charge on any atom is 0.417 e. The summed E-state index contributed by atoms with van der Waals surface area (Å²) in [7, 11) is 0. The van der Waals surface area contributed by atoms with E-state index in [1.165, 1.54) is 12.1 Å². The van der Waals surface area contributed by atoms with E-state index >= 15 is 0 Å². The van der Waals surface area contributed by atoms with Gasteiger partial charge in [0, 0.05) is 12.3 Å². The van der Waals surface area contributed by atoms with Crippen molar-refractivity contribution in [2.75, 3.05) is 18.5 Å². The highest BCUT2D eigenvalue weighted by molar-refractivity contribution is 6.05. The predicted octanol–water partition coefficient (Wildman–Crippen LogP) is 4.52. The number of rotatable bonds is 5. The third-order valence-electron chi connectivity index (χ3n) is 4.05. The second-order valence-corrected chi connectivity index (χ2v) is 5.97. The Morgan fingerprint density at radius 3 is 2.54 bits per heavy atom. The molecule has 26 heavy (non-hydrogen) atoms. The van der Waals surface area contributed by atoms with Crippen LogP contribution in [0, 0.1) is 0 Å². The van der Waals surface area contributed by atoms with E-state index in [1.807, 2.05) is 0 Å². The number of amides is 1.